The van der Waals surface area contributed by atoms with Crippen LogP contribution in [0.5, 0.6) is 5.75 Å². The van der Waals surface area contributed by atoms with Crippen molar-refractivity contribution in [2.45, 2.75) is 0 Å². The second-order valence-corrected chi connectivity index (χ2v) is 3.01. The first-order chi connectivity index (χ1) is 7.84. The number of aromatic nitrogens is 3. The zero-order valence-electron chi connectivity index (χ0n) is 8.38. The molecule has 1 aromatic carbocycles. The van der Waals surface area contributed by atoms with Crippen molar-refractivity contribution in [1.29, 1.82) is 0 Å². The molecule has 0 aliphatic rings. The molecule has 0 saturated heterocycles. The van der Waals surface area contributed by atoms with Gasteiger partial charge >= 0.3 is 0 Å². The van der Waals surface area contributed by atoms with Crippen LogP contribution in [0, 0.1) is 0 Å². The number of amides is 1. The zero-order valence-corrected chi connectivity index (χ0v) is 8.38. The van der Waals surface area contributed by atoms with E-state index in [-0.39, 0.29) is 12.5 Å². The third-order valence-electron chi connectivity index (χ3n) is 1.80. The Morgan fingerprint density at radius 3 is 2.88 bits per heavy atom. The molecule has 0 unspecified atom stereocenters. The Bertz CT molecular complexity index is 441. The van der Waals surface area contributed by atoms with Gasteiger partial charge in [0.1, 0.15) is 5.75 Å². The van der Waals surface area contributed by atoms with E-state index >= 15 is 0 Å². The van der Waals surface area contributed by atoms with Gasteiger partial charge in [-0.2, -0.15) is 10.3 Å². The summed E-state index contributed by atoms with van der Waals surface area (Å²) < 4.78 is 5.25. The number of ether oxygens (including phenoxy) is 1. The van der Waals surface area contributed by atoms with Crippen LogP contribution in [0.2, 0.25) is 0 Å². The topological polar surface area (TPSA) is 79.9 Å². The number of nitrogens with one attached hydrogen (secondary N) is 2. The van der Waals surface area contributed by atoms with Crippen LogP contribution in [-0.2, 0) is 4.79 Å². The lowest BCUT2D eigenvalue weighted by atomic mass is 10.3. The lowest BCUT2D eigenvalue weighted by molar-refractivity contribution is -0.118. The van der Waals surface area contributed by atoms with Crippen LogP contribution in [0.25, 0.3) is 0 Å². The predicted molar refractivity (Wildman–Crippen MR) is 56.9 cm³/mol. The van der Waals surface area contributed by atoms with Gasteiger partial charge in [-0.1, -0.05) is 18.2 Å². The van der Waals surface area contributed by atoms with E-state index in [2.05, 4.69) is 20.7 Å². The molecule has 1 aromatic heterocycles. The molecule has 82 valence electrons. The van der Waals surface area contributed by atoms with Crippen molar-refractivity contribution in [3.63, 3.8) is 0 Å². The van der Waals surface area contributed by atoms with Gasteiger partial charge in [-0.3, -0.25) is 4.79 Å². The number of anilines is 1. The summed E-state index contributed by atoms with van der Waals surface area (Å²) in [4.78, 5) is 11.4. The maximum atomic E-state index is 11.4. The number of carbonyl (C=O) groups excluding carboxylic acids is 1. The third-order valence-corrected chi connectivity index (χ3v) is 1.80. The molecule has 2 aromatic rings. The van der Waals surface area contributed by atoms with Gasteiger partial charge < -0.3 is 10.1 Å². The highest BCUT2D eigenvalue weighted by Crippen LogP contribution is 2.07. The summed E-state index contributed by atoms with van der Waals surface area (Å²) in [6, 6.07) is 9.12. The van der Waals surface area contributed by atoms with Crippen molar-refractivity contribution in [1.82, 2.24) is 15.4 Å². The van der Waals surface area contributed by atoms with Crippen LogP contribution in [0.1, 0.15) is 0 Å². The van der Waals surface area contributed by atoms with Crippen molar-refractivity contribution in [3.8, 4) is 5.75 Å². The molecule has 0 bridgehead atoms. The van der Waals surface area contributed by atoms with Gasteiger partial charge in [-0.15, -0.1) is 5.10 Å². The van der Waals surface area contributed by atoms with E-state index in [1.807, 2.05) is 18.2 Å². The van der Waals surface area contributed by atoms with Crippen LogP contribution in [0.4, 0.5) is 5.82 Å². The average Bonchev–Trinajstić information content (AvgIpc) is 2.81. The molecule has 0 fully saturated rings. The van der Waals surface area contributed by atoms with Crippen molar-refractivity contribution in [3.05, 3.63) is 36.5 Å². The number of hydrogen-bond acceptors (Lipinski definition) is 4. The largest absolute Gasteiger partial charge is 0.484 e. The third kappa shape index (κ3) is 2.81. The van der Waals surface area contributed by atoms with E-state index in [9.17, 15) is 4.79 Å². The Morgan fingerprint density at radius 2 is 2.19 bits per heavy atom. The number of aromatic amines is 1. The van der Waals surface area contributed by atoms with Crippen LogP contribution in [0.3, 0.4) is 0 Å². The number of benzene rings is 1. The van der Waals surface area contributed by atoms with Crippen molar-refractivity contribution >= 4 is 11.7 Å². The molecule has 0 atom stereocenters. The van der Waals surface area contributed by atoms with E-state index < -0.39 is 0 Å². The van der Waals surface area contributed by atoms with Gasteiger partial charge in [-0.05, 0) is 12.1 Å². The minimum absolute atomic E-state index is 0.0587. The molecule has 0 aliphatic heterocycles. The Balaban J connectivity index is 1.80. The summed E-state index contributed by atoms with van der Waals surface area (Å²) in [6.45, 7) is -0.0587. The summed E-state index contributed by atoms with van der Waals surface area (Å²) in [5.74, 6) is 0.747. The monoisotopic (exact) mass is 218 g/mol. The second kappa shape index (κ2) is 4.92. The Morgan fingerprint density at radius 1 is 1.38 bits per heavy atom. The minimum Gasteiger partial charge on any atom is -0.484 e. The van der Waals surface area contributed by atoms with E-state index in [0.29, 0.717) is 11.6 Å². The number of rotatable bonds is 4. The number of para-hydroxylation sites is 1. The number of hydrogen-bond donors (Lipinski definition) is 2. The first kappa shape index (κ1) is 10.2. The standard InChI is InChI=1S/C10H10N4O2/c15-10(12-9-6-11-14-13-9)7-16-8-4-2-1-3-5-8/h1-6H,7H2,(H2,11,12,13,14,15). The highest BCUT2D eigenvalue weighted by Gasteiger charge is 2.04. The highest BCUT2D eigenvalue weighted by molar-refractivity contribution is 5.90. The van der Waals surface area contributed by atoms with Gasteiger partial charge in [0.15, 0.2) is 12.4 Å². The second-order valence-electron chi connectivity index (χ2n) is 3.01. The van der Waals surface area contributed by atoms with Gasteiger partial charge in [0, 0.05) is 0 Å². The van der Waals surface area contributed by atoms with E-state index in [4.69, 9.17) is 4.74 Å². The predicted octanol–water partition coefficient (Wildman–Crippen LogP) is 0.822. The van der Waals surface area contributed by atoms with Crippen molar-refractivity contribution in [2.24, 2.45) is 0 Å². The van der Waals surface area contributed by atoms with E-state index in [1.54, 1.807) is 12.1 Å². The maximum absolute atomic E-state index is 11.4. The molecule has 0 radical (unpaired) electrons. The van der Waals surface area contributed by atoms with Gasteiger partial charge in [-0.25, -0.2) is 0 Å². The summed E-state index contributed by atoms with van der Waals surface area (Å²) in [7, 11) is 0. The quantitative estimate of drug-likeness (QED) is 0.796. The van der Waals surface area contributed by atoms with Gasteiger partial charge in [0.05, 0.1) is 6.20 Å². The summed E-state index contributed by atoms with van der Waals surface area (Å²) >= 11 is 0. The van der Waals surface area contributed by atoms with Gasteiger partial charge in [0.25, 0.3) is 5.91 Å². The van der Waals surface area contributed by atoms with Crippen LogP contribution >= 0.6 is 0 Å². The van der Waals surface area contributed by atoms with E-state index in [0.717, 1.165) is 0 Å². The molecule has 0 saturated carbocycles. The van der Waals surface area contributed by atoms with Crippen LogP contribution in [-0.4, -0.2) is 27.9 Å². The molecule has 2 rings (SSSR count). The normalized spacial score (nSPS) is 9.75. The number of nitrogens with zero attached hydrogens (tertiary/aromatic N) is 2. The fourth-order valence-electron chi connectivity index (χ4n) is 1.11. The molecule has 1 heterocycles. The lowest BCUT2D eigenvalue weighted by Gasteiger charge is -2.04. The molecule has 0 spiro atoms. The lowest BCUT2D eigenvalue weighted by Crippen LogP contribution is -2.20. The van der Waals surface area contributed by atoms with E-state index in [1.165, 1.54) is 6.20 Å². The molecule has 6 nitrogen and oxygen atoms in total. The van der Waals surface area contributed by atoms with Gasteiger partial charge in [0.2, 0.25) is 0 Å². The fraction of sp³-hybridized carbons (Fsp3) is 0.100. The number of carbonyl (C=O) groups is 1. The average molecular weight is 218 g/mol. The molecule has 2 N–H and O–H groups in total. The minimum atomic E-state index is -0.280. The number of H-pyrrole nitrogens is 1. The smallest absolute Gasteiger partial charge is 0.263 e. The summed E-state index contributed by atoms with van der Waals surface area (Å²) in [6.07, 6.45) is 1.42. The Kier molecular flexibility index (Phi) is 3.12. The molecule has 16 heavy (non-hydrogen) atoms. The Labute approximate surface area is 91.6 Å². The molecule has 6 heteroatoms. The van der Waals surface area contributed by atoms with Crippen molar-refractivity contribution < 1.29 is 9.53 Å². The zero-order chi connectivity index (χ0) is 11.2. The molecule has 1 amide bonds. The highest BCUT2D eigenvalue weighted by atomic mass is 16.5. The fourth-order valence-corrected chi connectivity index (χ4v) is 1.11. The SMILES string of the molecule is O=C(COc1ccccc1)Nc1cn[nH]n1. The molecular formula is C10H10N4O2. The first-order valence-corrected chi connectivity index (χ1v) is 4.68. The molecular weight excluding hydrogens is 208 g/mol. The Hall–Kier alpha value is -2.37. The first-order valence-electron chi connectivity index (χ1n) is 4.68. The molecule has 0 aliphatic carbocycles. The van der Waals surface area contributed by atoms with Crippen molar-refractivity contribution in [2.75, 3.05) is 11.9 Å². The summed E-state index contributed by atoms with van der Waals surface area (Å²) in [5, 5.41) is 12.2. The van der Waals surface area contributed by atoms with Crippen LogP contribution in [0.15, 0.2) is 36.5 Å². The summed E-state index contributed by atoms with van der Waals surface area (Å²) in [5.41, 5.74) is 0. The maximum Gasteiger partial charge on any atom is 0.263 e. The van der Waals surface area contributed by atoms with Crippen LogP contribution < -0.4 is 10.1 Å².